The third-order valence-corrected chi connectivity index (χ3v) is 11.7. The first-order chi connectivity index (χ1) is 26.7. The Morgan fingerprint density at radius 1 is 0.818 bits per heavy atom. The van der Waals surface area contributed by atoms with Crippen molar-refractivity contribution in [3.8, 4) is 0 Å². The van der Waals surface area contributed by atoms with Gasteiger partial charge in [-0.25, -0.2) is 0 Å². The largest absolute Gasteiger partial charge is 0.379 e. The summed E-state index contributed by atoms with van der Waals surface area (Å²) in [6, 6.07) is 24.4. The van der Waals surface area contributed by atoms with Crippen LogP contribution in [0.3, 0.4) is 0 Å². The number of benzene rings is 3. The Morgan fingerprint density at radius 2 is 1.45 bits per heavy atom. The van der Waals surface area contributed by atoms with Crippen LogP contribution in [-0.2, 0) is 30.3 Å². The number of hydrogen-bond donors (Lipinski definition) is 2. The molecule has 0 aliphatic carbocycles. The van der Waals surface area contributed by atoms with E-state index in [0.29, 0.717) is 76.1 Å². The number of unbranched alkanes of at least 4 members (excludes halogenated alkanes) is 1. The van der Waals surface area contributed by atoms with E-state index in [2.05, 4.69) is 10.6 Å². The maximum Gasteiger partial charge on any atom is 0.261 e. The summed E-state index contributed by atoms with van der Waals surface area (Å²) in [5, 5.41) is 4.79. The number of imide groups is 1. The first-order valence-corrected chi connectivity index (χ1v) is 20.0. The number of likely N-dealkylation sites (N-methyl/N-ethyl adjacent to an activating group) is 1. The summed E-state index contributed by atoms with van der Waals surface area (Å²) in [5.74, 6) is -1.82. The fraction of sp³-hybridized carbons (Fsp3) is 0.429. The molecule has 4 unspecified atom stereocenters. The number of thioether (sulfide) groups is 1. The molecule has 290 valence electrons. The van der Waals surface area contributed by atoms with E-state index >= 15 is 0 Å². The zero-order valence-corrected chi connectivity index (χ0v) is 32.0. The molecule has 55 heavy (non-hydrogen) atoms. The zero-order chi connectivity index (χ0) is 38.7. The predicted molar refractivity (Wildman–Crippen MR) is 209 cm³/mol. The molecular formula is C42H49N5O7S. The average Bonchev–Trinajstić information content (AvgIpc) is 3.34. The Balaban J connectivity index is 1.19. The van der Waals surface area contributed by atoms with Gasteiger partial charge in [0.1, 0.15) is 12.1 Å². The number of ether oxygens (including phenoxy) is 1. The summed E-state index contributed by atoms with van der Waals surface area (Å²) in [6.07, 6.45) is 2.42. The minimum atomic E-state index is -0.945. The molecule has 2 saturated heterocycles. The van der Waals surface area contributed by atoms with Gasteiger partial charge < -0.3 is 20.3 Å². The minimum absolute atomic E-state index is 0.0729. The van der Waals surface area contributed by atoms with Gasteiger partial charge in [-0.3, -0.25) is 38.6 Å². The molecule has 3 aromatic carbocycles. The van der Waals surface area contributed by atoms with Gasteiger partial charge in [0, 0.05) is 39.6 Å². The van der Waals surface area contributed by atoms with Crippen LogP contribution in [0.2, 0.25) is 0 Å². The lowest BCUT2D eigenvalue weighted by atomic mass is 9.90. The summed E-state index contributed by atoms with van der Waals surface area (Å²) in [4.78, 5) is 86.4. The number of carbonyl (C=O) groups excluding carboxylic acids is 6. The molecule has 6 rings (SSSR count). The predicted octanol–water partition coefficient (Wildman–Crippen LogP) is 3.66. The van der Waals surface area contributed by atoms with Crippen molar-refractivity contribution < 1.29 is 33.5 Å². The molecule has 2 N–H and O–H groups in total. The monoisotopic (exact) mass is 767 g/mol. The van der Waals surface area contributed by atoms with E-state index in [1.54, 1.807) is 36.2 Å². The lowest BCUT2D eigenvalue weighted by Crippen LogP contribution is -2.56. The number of nitrogens with one attached hydrogen (secondary N) is 2. The van der Waals surface area contributed by atoms with Crippen LogP contribution in [0.25, 0.3) is 0 Å². The van der Waals surface area contributed by atoms with Gasteiger partial charge in [-0.1, -0.05) is 91.0 Å². The fourth-order valence-corrected chi connectivity index (χ4v) is 8.64. The number of fused-ring (bicyclic) bond motifs is 1. The number of likely N-dealkylation sites (tertiary alicyclic amines) is 1. The third-order valence-electron chi connectivity index (χ3n) is 10.6. The molecule has 13 heteroatoms. The van der Waals surface area contributed by atoms with Gasteiger partial charge in [-0.2, -0.15) is 0 Å². The van der Waals surface area contributed by atoms with Crippen molar-refractivity contribution in [3.05, 3.63) is 107 Å². The summed E-state index contributed by atoms with van der Waals surface area (Å²) < 4.78 is 5.43. The number of rotatable bonds is 15. The maximum atomic E-state index is 14.5. The molecule has 2 fully saturated rings. The molecule has 3 aliphatic rings. The lowest BCUT2D eigenvalue weighted by Gasteiger charge is -2.32. The number of carbonyl (C=O) groups is 6. The van der Waals surface area contributed by atoms with Crippen LogP contribution in [0, 0.1) is 0 Å². The fourth-order valence-electron chi connectivity index (χ4n) is 7.60. The van der Waals surface area contributed by atoms with Gasteiger partial charge in [0.2, 0.25) is 22.8 Å². The topological polar surface area (TPSA) is 145 Å². The molecule has 4 atom stereocenters. The molecular weight excluding hydrogens is 719 g/mol. The Kier molecular flexibility index (Phi) is 13.9. The van der Waals surface area contributed by atoms with Crippen molar-refractivity contribution in [1.82, 2.24) is 25.3 Å². The van der Waals surface area contributed by atoms with Gasteiger partial charge in [0.25, 0.3) is 11.8 Å². The smallest absolute Gasteiger partial charge is 0.261 e. The lowest BCUT2D eigenvalue weighted by molar-refractivity contribution is -0.142. The van der Waals surface area contributed by atoms with Crippen LogP contribution in [-0.4, -0.2) is 120 Å². The number of nitrogens with zero attached hydrogens (tertiary/aromatic N) is 3. The van der Waals surface area contributed by atoms with Crippen LogP contribution in [0.4, 0.5) is 0 Å². The van der Waals surface area contributed by atoms with E-state index in [4.69, 9.17) is 4.74 Å². The molecule has 0 saturated carbocycles. The Bertz CT molecular complexity index is 1800. The first kappa shape index (κ1) is 39.8. The van der Waals surface area contributed by atoms with E-state index in [1.807, 2.05) is 65.6 Å². The summed E-state index contributed by atoms with van der Waals surface area (Å²) >= 11 is 0.960. The van der Waals surface area contributed by atoms with Gasteiger partial charge >= 0.3 is 0 Å². The molecule has 3 aliphatic heterocycles. The average molecular weight is 768 g/mol. The summed E-state index contributed by atoms with van der Waals surface area (Å²) in [6.45, 7) is 2.96. The van der Waals surface area contributed by atoms with Crippen LogP contribution in [0.1, 0.15) is 69.9 Å². The van der Waals surface area contributed by atoms with Crippen molar-refractivity contribution >= 4 is 46.4 Å². The highest BCUT2D eigenvalue weighted by atomic mass is 32.2. The second kappa shape index (κ2) is 19.1. The molecule has 5 amide bonds. The standard InChI is InChI=1S/C42H49N5O7S/c1-43-38(49)35(26-29-12-4-2-5-13-29)46-21-19-31(30-14-6-3-7-15-30)27-34(42(46)53)44-39(50)36(55-37(48)28-45-22-24-54-25-23-45)18-10-11-20-47-40(51)32-16-8-9-17-33(32)41(47)52/h2-9,12-17,31,34-36H,10-11,18-28H2,1H3,(H,43,49)(H,44,50). The molecule has 0 radical (unpaired) electrons. The van der Waals surface area contributed by atoms with Gasteiger partial charge in [-0.05, 0) is 54.9 Å². The Hall–Kier alpha value is -4.85. The molecule has 0 bridgehead atoms. The van der Waals surface area contributed by atoms with Crippen LogP contribution < -0.4 is 10.6 Å². The minimum Gasteiger partial charge on any atom is -0.379 e. The van der Waals surface area contributed by atoms with Gasteiger partial charge in [-0.15, -0.1) is 0 Å². The molecule has 3 heterocycles. The summed E-state index contributed by atoms with van der Waals surface area (Å²) in [5.41, 5.74) is 2.71. The Morgan fingerprint density at radius 3 is 2.11 bits per heavy atom. The van der Waals surface area contributed by atoms with E-state index in [0.717, 1.165) is 22.9 Å². The SMILES string of the molecule is CNC(=O)C(Cc1ccccc1)N1CCC(c2ccccc2)CC(NC(=O)C(CCCCN2C(=O)c3ccccc3C2=O)SC(=O)CN2CCOCC2)C1=O. The second-order valence-corrected chi connectivity index (χ2v) is 15.5. The van der Waals surface area contributed by atoms with Crippen LogP contribution >= 0.6 is 11.8 Å². The van der Waals surface area contributed by atoms with E-state index < -0.39 is 23.2 Å². The van der Waals surface area contributed by atoms with Crippen molar-refractivity contribution in [1.29, 1.82) is 0 Å². The van der Waals surface area contributed by atoms with Gasteiger partial charge in [0.15, 0.2) is 0 Å². The molecule has 3 aromatic rings. The summed E-state index contributed by atoms with van der Waals surface area (Å²) in [7, 11) is 1.55. The zero-order valence-electron chi connectivity index (χ0n) is 31.2. The van der Waals surface area contributed by atoms with E-state index in [9.17, 15) is 28.8 Å². The van der Waals surface area contributed by atoms with Crippen molar-refractivity contribution in [2.24, 2.45) is 0 Å². The molecule has 12 nitrogen and oxygen atoms in total. The quantitative estimate of drug-likeness (QED) is 0.175. The highest BCUT2D eigenvalue weighted by molar-refractivity contribution is 8.14. The maximum absolute atomic E-state index is 14.5. The Labute approximate surface area is 326 Å². The second-order valence-electron chi connectivity index (χ2n) is 14.2. The van der Waals surface area contributed by atoms with Crippen LogP contribution in [0.15, 0.2) is 84.9 Å². The first-order valence-electron chi connectivity index (χ1n) is 19.1. The third kappa shape index (κ3) is 10.1. The number of morpholine rings is 1. The van der Waals surface area contributed by atoms with Crippen molar-refractivity contribution in [3.63, 3.8) is 0 Å². The number of hydrogen-bond acceptors (Lipinski definition) is 9. The highest BCUT2D eigenvalue weighted by Gasteiger charge is 2.40. The van der Waals surface area contributed by atoms with Gasteiger partial charge in [0.05, 0.1) is 36.1 Å². The normalized spacial score (nSPS) is 20.1. The molecule has 0 aromatic heterocycles. The highest BCUT2D eigenvalue weighted by Crippen LogP contribution is 2.31. The molecule has 0 spiro atoms. The van der Waals surface area contributed by atoms with Crippen molar-refractivity contribution in [2.75, 3.05) is 53.0 Å². The van der Waals surface area contributed by atoms with Crippen molar-refractivity contribution in [2.45, 2.75) is 61.8 Å². The number of amides is 5. The van der Waals surface area contributed by atoms with Crippen LogP contribution in [0.5, 0.6) is 0 Å². The van der Waals surface area contributed by atoms with E-state index in [1.165, 1.54) is 4.90 Å². The van der Waals surface area contributed by atoms with E-state index in [-0.39, 0.29) is 54.2 Å².